The normalized spacial score (nSPS) is 16.1. The van der Waals surface area contributed by atoms with Crippen molar-refractivity contribution in [1.82, 2.24) is 4.98 Å². The maximum absolute atomic E-state index is 12.0. The molecule has 1 atom stereocenters. The maximum atomic E-state index is 12.0. The van der Waals surface area contributed by atoms with Gasteiger partial charge in [-0.1, -0.05) is 12.2 Å². The molecule has 0 fully saturated rings. The molecule has 1 aromatic heterocycles. The fourth-order valence-corrected chi connectivity index (χ4v) is 3.38. The summed E-state index contributed by atoms with van der Waals surface area (Å²) in [5, 5.41) is 4.99. The van der Waals surface area contributed by atoms with Gasteiger partial charge in [-0.15, -0.1) is 11.3 Å². The van der Waals surface area contributed by atoms with E-state index in [9.17, 15) is 9.59 Å². The molecule has 3 rings (SSSR count). The molecule has 0 bridgehead atoms. The lowest BCUT2D eigenvalue weighted by molar-refractivity contribution is -0.151. The molecule has 0 unspecified atom stereocenters. The van der Waals surface area contributed by atoms with Crippen molar-refractivity contribution in [2.24, 2.45) is 5.92 Å². The highest BCUT2D eigenvalue weighted by molar-refractivity contribution is 7.14. The number of nitrogens with one attached hydrogen (secondary N) is 1. The number of carbonyl (C=O) groups excluding carboxylic acids is 2. The number of esters is 1. The SMILES string of the molecule is COc1ccc(-c2csc(NC(=O)COC(=O)[C@H]3CC=CCC3)n2)cc1. The molecule has 1 aromatic carbocycles. The van der Waals surface area contributed by atoms with E-state index in [4.69, 9.17) is 9.47 Å². The van der Waals surface area contributed by atoms with E-state index < -0.39 is 0 Å². The molecule has 1 N–H and O–H groups in total. The number of anilines is 1. The molecule has 1 heterocycles. The molecule has 1 aliphatic carbocycles. The molecule has 136 valence electrons. The number of rotatable bonds is 6. The van der Waals surface area contributed by atoms with Gasteiger partial charge >= 0.3 is 5.97 Å². The fraction of sp³-hybridized carbons (Fsp3) is 0.316. The van der Waals surface area contributed by atoms with Crippen LogP contribution < -0.4 is 10.1 Å². The molecular formula is C19H20N2O4S. The summed E-state index contributed by atoms with van der Waals surface area (Å²) in [5.41, 5.74) is 1.69. The number of carbonyl (C=O) groups is 2. The van der Waals surface area contributed by atoms with E-state index in [0.29, 0.717) is 11.6 Å². The molecule has 1 aliphatic rings. The number of ether oxygens (including phenoxy) is 2. The molecule has 0 saturated heterocycles. The lowest BCUT2D eigenvalue weighted by Crippen LogP contribution is -2.25. The van der Waals surface area contributed by atoms with Crippen LogP contribution >= 0.6 is 11.3 Å². The molecular weight excluding hydrogens is 352 g/mol. The van der Waals surface area contributed by atoms with Crippen molar-refractivity contribution in [1.29, 1.82) is 0 Å². The summed E-state index contributed by atoms with van der Waals surface area (Å²) in [7, 11) is 1.61. The number of thiazole rings is 1. The first-order valence-electron chi connectivity index (χ1n) is 8.37. The summed E-state index contributed by atoms with van der Waals surface area (Å²) in [5.74, 6) is -0.0787. The predicted octanol–water partition coefficient (Wildman–Crippen LogP) is 3.66. The second-order valence-electron chi connectivity index (χ2n) is 5.90. The van der Waals surface area contributed by atoms with Crippen LogP contribution in [0.4, 0.5) is 5.13 Å². The Balaban J connectivity index is 1.50. The van der Waals surface area contributed by atoms with Crippen LogP contribution in [0.5, 0.6) is 5.75 Å². The predicted molar refractivity (Wildman–Crippen MR) is 100 cm³/mol. The highest BCUT2D eigenvalue weighted by Gasteiger charge is 2.21. The minimum Gasteiger partial charge on any atom is -0.497 e. The summed E-state index contributed by atoms with van der Waals surface area (Å²) in [6.45, 7) is -0.295. The smallest absolute Gasteiger partial charge is 0.309 e. The Labute approximate surface area is 155 Å². The van der Waals surface area contributed by atoms with Gasteiger partial charge in [0.25, 0.3) is 5.91 Å². The van der Waals surface area contributed by atoms with Gasteiger partial charge in [0.15, 0.2) is 11.7 Å². The molecule has 0 saturated carbocycles. The van der Waals surface area contributed by atoms with Gasteiger partial charge in [0.2, 0.25) is 0 Å². The van der Waals surface area contributed by atoms with E-state index in [-0.39, 0.29) is 24.4 Å². The average molecular weight is 372 g/mol. The van der Waals surface area contributed by atoms with E-state index in [0.717, 1.165) is 29.8 Å². The third-order valence-electron chi connectivity index (χ3n) is 4.08. The van der Waals surface area contributed by atoms with Crippen molar-refractivity contribution in [3.8, 4) is 17.0 Å². The Bertz CT molecular complexity index is 798. The number of methoxy groups -OCH3 is 1. The van der Waals surface area contributed by atoms with Crippen LogP contribution in [0.2, 0.25) is 0 Å². The van der Waals surface area contributed by atoms with Gasteiger partial charge in [-0.3, -0.25) is 14.9 Å². The van der Waals surface area contributed by atoms with Gasteiger partial charge in [0.05, 0.1) is 18.7 Å². The van der Waals surface area contributed by atoms with Crippen LogP contribution in [0.3, 0.4) is 0 Å². The largest absolute Gasteiger partial charge is 0.497 e. The summed E-state index contributed by atoms with van der Waals surface area (Å²) >= 11 is 1.32. The molecule has 0 spiro atoms. The van der Waals surface area contributed by atoms with Crippen molar-refractivity contribution in [3.63, 3.8) is 0 Å². The Kier molecular flexibility index (Phi) is 6.01. The van der Waals surface area contributed by atoms with Crippen LogP contribution in [0.25, 0.3) is 11.3 Å². The molecule has 0 aliphatic heterocycles. The Morgan fingerprint density at radius 3 is 2.77 bits per heavy atom. The van der Waals surface area contributed by atoms with Crippen LogP contribution in [-0.2, 0) is 14.3 Å². The lowest BCUT2D eigenvalue weighted by atomic mass is 9.95. The topological polar surface area (TPSA) is 77.5 Å². The number of hydrogen-bond acceptors (Lipinski definition) is 6. The van der Waals surface area contributed by atoms with Crippen molar-refractivity contribution in [2.45, 2.75) is 19.3 Å². The quantitative estimate of drug-likeness (QED) is 0.618. The van der Waals surface area contributed by atoms with E-state index >= 15 is 0 Å². The van der Waals surface area contributed by atoms with E-state index in [1.807, 2.05) is 35.7 Å². The summed E-state index contributed by atoms with van der Waals surface area (Å²) in [4.78, 5) is 28.3. The number of hydrogen-bond donors (Lipinski definition) is 1. The Morgan fingerprint density at radius 1 is 1.27 bits per heavy atom. The van der Waals surface area contributed by atoms with E-state index in [1.54, 1.807) is 7.11 Å². The van der Waals surface area contributed by atoms with Gasteiger partial charge in [-0.05, 0) is 43.5 Å². The third-order valence-corrected chi connectivity index (χ3v) is 4.84. The van der Waals surface area contributed by atoms with Crippen LogP contribution in [0.15, 0.2) is 41.8 Å². The van der Waals surface area contributed by atoms with Crippen molar-refractivity contribution in [3.05, 3.63) is 41.8 Å². The summed E-state index contributed by atoms with van der Waals surface area (Å²) in [6, 6.07) is 7.51. The molecule has 6 nitrogen and oxygen atoms in total. The van der Waals surface area contributed by atoms with Gasteiger partial charge in [-0.25, -0.2) is 4.98 Å². The first-order chi connectivity index (χ1) is 12.7. The highest BCUT2D eigenvalue weighted by atomic mass is 32.1. The first-order valence-corrected chi connectivity index (χ1v) is 9.25. The fourth-order valence-electron chi connectivity index (χ4n) is 2.64. The zero-order valence-corrected chi connectivity index (χ0v) is 15.3. The minimum absolute atomic E-state index is 0.144. The number of aromatic nitrogens is 1. The first kappa shape index (κ1) is 18.1. The molecule has 7 heteroatoms. The molecule has 1 amide bonds. The van der Waals surface area contributed by atoms with Crippen LogP contribution in [0, 0.1) is 5.92 Å². The number of benzene rings is 1. The molecule has 0 radical (unpaired) electrons. The van der Waals surface area contributed by atoms with Gasteiger partial charge < -0.3 is 9.47 Å². The summed E-state index contributed by atoms with van der Waals surface area (Å²) in [6.07, 6.45) is 6.36. The standard InChI is InChI=1S/C19H20N2O4S/c1-24-15-9-7-13(8-10-15)16-12-26-19(20-16)21-17(22)11-25-18(23)14-5-3-2-4-6-14/h2-3,7-10,12,14H,4-6,11H2,1H3,(H,20,21,22)/t14-/m0/s1. The number of amides is 1. The van der Waals surface area contributed by atoms with Crippen molar-refractivity contribution < 1.29 is 19.1 Å². The lowest BCUT2D eigenvalue weighted by Gasteiger charge is -2.15. The summed E-state index contributed by atoms with van der Waals surface area (Å²) < 4.78 is 10.2. The van der Waals surface area contributed by atoms with E-state index in [1.165, 1.54) is 11.3 Å². The maximum Gasteiger partial charge on any atom is 0.309 e. The van der Waals surface area contributed by atoms with Crippen molar-refractivity contribution in [2.75, 3.05) is 19.0 Å². The third kappa shape index (κ3) is 4.70. The monoisotopic (exact) mass is 372 g/mol. The van der Waals surface area contributed by atoms with E-state index in [2.05, 4.69) is 16.4 Å². The number of allylic oxidation sites excluding steroid dienone is 2. The van der Waals surface area contributed by atoms with Gasteiger partial charge in [-0.2, -0.15) is 0 Å². The highest BCUT2D eigenvalue weighted by Crippen LogP contribution is 2.26. The second-order valence-corrected chi connectivity index (χ2v) is 6.76. The zero-order chi connectivity index (χ0) is 18.4. The van der Waals surface area contributed by atoms with Crippen LogP contribution in [-0.4, -0.2) is 30.6 Å². The van der Waals surface area contributed by atoms with Gasteiger partial charge in [0.1, 0.15) is 5.75 Å². The Morgan fingerprint density at radius 2 is 2.08 bits per heavy atom. The molecule has 26 heavy (non-hydrogen) atoms. The molecule has 2 aromatic rings. The van der Waals surface area contributed by atoms with Crippen LogP contribution in [0.1, 0.15) is 19.3 Å². The Hall–Kier alpha value is -2.67. The number of nitrogens with zero attached hydrogens (tertiary/aromatic N) is 1. The minimum atomic E-state index is -0.389. The second kappa shape index (κ2) is 8.62. The zero-order valence-electron chi connectivity index (χ0n) is 14.4. The van der Waals surface area contributed by atoms with Crippen molar-refractivity contribution >= 4 is 28.3 Å². The van der Waals surface area contributed by atoms with Gasteiger partial charge in [0, 0.05) is 10.9 Å². The average Bonchev–Trinajstić information content (AvgIpc) is 3.15.